The predicted octanol–water partition coefficient (Wildman–Crippen LogP) is 4.13. The molecule has 0 atom stereocenters. The predicted molar refractivity (Wildman–Crippen MR) is 143 cm³/mol. The van der Waals surface area contributed by atoms with Gasteiger partial charge in [-0.1, -0.05) is 12.1 Å². The standard InChI is InChI=1S/C27H23N9O/c1-36(2)15-23(37)30-18-12-17(13-29-14-18)20-6-7-22-25(31-20)26(35-34-22)27-32-21-5-3-4-19(24(21)33-27)16-8-10-28-11-9-16/h3-14H,15H2,1-2H3,(H,30,37)(H,32,33)(H,34,35). The molecule has 0 aliphatic rings. The van der Waals surface area contributed by atoms with Crippen LogP contribution >= 0.6 is 0 Å². The lowest BCUT2D eigenvalue weighted by Crippen LogP contribution is -2.27. The van der Waals surface area contributed by atoms with Crippen molar-refractivity contribution in [3.05, 3.63) is 73.3 Å². The molecule has 1 amide bonds. The maximum absolute atomic E-state index is 12.2. The molecular formula is C27H23N9O. The number of fused-ring (bicyclic) bond motifs is 2. The number of nitrogens with zero attached hydrogens (tertiary/aromatic N) is 6. The summed E-state index contributed by atoms with van der Waals surface area (Å²) < 4.78 is 0. The average molecular weight is 490 g/mol. The van der Waals surface area contributed by atoms with Crippen LogP contribution in [-0.2, 0) is 4.79 Å². The second-order valence-electron chi connectivity index (χ2n) is 8.94. The fraction of sp³-hybridized carbons (Fsp3) is 0.111. The van der Waals surface area contributed by atoms with Gasteiger partial charge in [-0.25, -0.2) is 9.97 Å². The monoisotopic (exact) mass is 489 g/mol. The van der Waals surface area contributed by atoms with E-state index in [2.05, 4.69) is 30.5 Å². The molecule has 0 bridgehead atoms. The normalized spacial score (nSPS) is 11.4. The molecule has 6 aromatic rings. The summed E-state index contributed by atoms with van der Waals surface area (Å²) >= 11 is 0. The van der Waals surface area contributed by atoms with Gasteiger partial charge in [0.05, 0.1) is 40.7 Å². The van der Waals surface area contributed by atoms with E-state index >= 15 is 0 Å². The lowest BCUT2D eigenvalue weighted by Gasteiger charge is -2.10. The first-order valence-electron chi connectivity index (χ1n) is 11.7. The van der Waals surface area contributed by atoms with Gasteiger partial charge in [0.2, 0.25) is 5.91 Å². The zero-order chi connectivity index (χ0) is 25.4. The van der Waals surface area contributed by atoms with E-state index in [1.165, 1.54) is 0 Å². The van der Waals surface area contributed by atoms with E-state index in [0.29, 0.717) is 28.4 Å². The zero-order valence-electron chi connectivity index (χ0n) is 20.2. The molecule has 5 aromatic heterocycles. The first-order chi connectivity index (χ1) is 18.0. The summed E-state index contributed by atoms with van der Waals surface area (Å²) in [6.07, 6.45) is 6.88. The molecule has 6 rings (SSSR count). The number of H-pyrrole nitrogens is 2. The van der Waals surface area contributed by atoms with Gasteiger partial charge in [-0.2, -0.15) is 5.10 Å². The van der Waals surface area contributed by atoms with Gasteiger partial charge in [0, 0.05) is 29.7 Å². The number of rotatable bonds is 6. The van der Waals surface area contributed by atoms with Crippen LogP contribution in [0.25, 0.3) is 56.0 Å². The zero-order valence-corrected chi connectivity index (χ0v) is 20.2. The van der Waals surface area contributed by atoms with E-state index in [4.69, 9.17) is 9.97 Å². The van der Waals surface area contributed by atoms with Crippen LogP contribution in [-0.4, -0.2) is 66.6 Å². The largest absolute Gasteiger partial charge is 0.336 e. The lowest BCUT2D eigenvalue weighted by atomic mass is 10.1. The fourth-order valence-corrected chi connectivity index (χ4v) is 4.27. The third-order valence-electron chi connectivity index (χ3n) is 5.91. The molecule has 0 radical (unpaired) electrons. The van der Waals surface area contributed by atoms with Gasteiger partial charge in [0.1, 0.15) is 5.52 Å². The van der Waals surface area contributed by atoms with Crippen molar-refractivity contribution in [2.24, 2.45) is 0 Å². The van der Waals surface area contributed by atoms with Crippen molar-refractivity contribution in [1.29, 1.82) is 0 Å². The average Bonchev–Trinajstić information content (AvgIpc) is 3.52. The van der Waals surface area contributed by atoms with E-state index < -0.39 is 0 Å². The highest BCUT2D eigenvalue weighted by Crippen LogP contribution is 2.31. The molecular weight excluding hydrogens is 466 g/mol. The molecule has 0 aliphatic carbocycles. The van der Waals surface area contributed by atoms with Crippen LogP contribution in [0.15, 0.2) is 73.3 Å². The van der Waals surface area contributed by atoms with E-state index in [-0.39, 0.29) is 12.5 Å². The third kappa shape index (κ3) is 4.41. The number of carbonyl (C=O) groups is 1. The molecule has 3 N–H and O–H groups in total. The number of benzene rings is 1. The van der Waals surface area contributed by atoms with Crippen molar-refractivity contribution >= 4 is 33.7 Å². The number of amides is 1. The van der Waals surface area contributed by atoms with Crippen molar-refractivity contribution in [3.8, 4) is 33.9 Å². The highest BCUT2D eigenvalue weighted by atomic mass is 16.2. The van der Waals surface area contributed by atoms with Crippen molar-refractivity contribution in [1.82, 2.24) is 40.0 Å². The van der Waals surface area contributed by atoms with Gasteiger partial charge in [-0.3, -0.25) is 19.9 Å². The number of hydrogen-bond acceptors (Lipinski definition) is 7. The summed E-state index contributed by atoms with van der Waals surface area (Å²) in [6.45, 7) is 0.285. The van der Waals surface area contributed by atoms with Gasteiger partial charge >= 0.3 is 0 Å². The van der Waals surface area contributed by atoms with E-state index in [1.807, 2.05) is 62.6 Å². The summed E-state index contributed by atoms with van der Waals surface area (Å²) in [6, 6.07) is 15.6. The van der Waals surface area contributed by atoms with Gasteiger partial charge in [-0.05, 0) is 56.1 Å². The molecule has 0 fully saturated rings. The first kappa shape index (κ1) is 22.5. The molecule has 10 heteroatoms. The Kier molecular flexibility index (Phi) is 5.62. The SMILES string of the molecule is CN(C)CC(=O)Nc1cncc(-c2ccc3[nH]nc(-c4nc5c(-c6ccncc6)cccc5[nH]4)c3n2)c1. The Morgan fingerprint density at radius 3 is 2.62 bits per heavy atom. The molecule has 0 saturated heterocycles. The van der Waals surface area contributed by atoms with Crippen molar-refractivity contribution in [2.45, 2.75) is 0 Å². The fourth-order valence-electron chi connectivity index (χ4n) is 4.27. The molecule has 1 aromatic carbocycles. The number of hydrogen-bond donors (Lipinski definition) is 3. The Morgan fingerprint density at radius 1 is 0.919 bits per heavy atom. The summed E-state index contributed by atoms with van der Waals surface area (Å²) in [4.78, 5) is 35.6. The number of anilines is 1. The molecule has 0 spiro atoms. The van der Waals surface area contributed by atoms with Crippen LogP contribution in [0.5, 0.6) is 0 Å². The Balaban J connectivity index is 1.38. The minimum absolute atomic E-state index is 0.111. The van der Waals surface area contributed by atoms with Gasteiger partial charge < -0.3 is 15.2 Å². The quantitative estimate of drug-likeness (QED) is 0.321. The van der Waals surface area contributed by atoms with Crippen LogP contribution in [0.3, 0.4) is 0 Å². The highest BCUT2D eigenvalue weighted by Gasteiger charge is 2.17. The van der Waals surface area contributed by atoms with Gasteiger partial charge in [0.25, 0.3) is 0 Å². The molecule has 0 saturated carbocycles. The van der Waals surface area contributed by atoms with Crippen LogP contribution < -0.4 is 5.32 Å². The number of imidazole rings is 1. The maximum Gasteiger partial charge on any atom is 0.238 e. The van der Waals surface area contributed by atoms with Crippen LogP contribution in [0.4, 0.5) is 5.69 Å². The number of nitrogens with one attached hydrogen (secondary N) is 3. The Labute approximate surface area is 211 Å². The molecule has 10 nitrogen and oxygen atoms in total. The summed E-state index contributed by atoms with van der Waals surface area (Å²) in [5.74, 6) is 0.510. The molecule has 5 heterocycles. The number of aromatic amines is 2. The topological polar surface area (TPSA) is 128 Å². The number of aromatic nitrogens is 7. The van der Waals surface area contributed by atoms with Gasteiger partial charge in [0.15, 0.2) is 11.5 Å². The third-order valence-corrected chi connectivity index (χ3v) is 5.91. The summed E-state index contributed by atoms with van der Waals surface area (Å²) in [5, 5.41) is 10.4. The van der Waals surface area contributed by atoms with Crippen LogP contribution in [0, 0.1) is 0 Å². The highest BCUT2D eigenvalue weighted by molar-refractivity contribution is 5.96. The van der Waals surface area contributed by atoms with E-state index in [0.717, 1.165) is 33.2 Å². The van der Waals surface area contributed by atoms with Gasteiger partial charge in [-0.15, -0.1) is 0 Å². The van der Waals surface area contributed by atoms with Crippen LogP contribution in [0.1, 0.15) is 0 Å². The number of para-hydroxylation sites is 1. The Hall–Kier alpha value is -4.96. The minimum atomic E-state index is -0.111. The minimum Gasteiger partial charge on any atom is -0.336 e. The second kappa shape index (κ2) is 9.25. The smallest absolute Gasteiger partial charge is 0.238 e. The maximum atomic E-state index is 12.2. The Bertz CT molecular complexity index is 1740. The van der Waals surface area contributed by atoms with E-state index in [1.54, 1.807) is 29.7 Å². The molecule has 0 unspecified atom stereocenters. The molecule has 37 heavy (non-hydrogen) atoms. The van der Waals surface area contributed by atoms with Crippen molar-refractivity contribution in [3.63, 3.8) is 0 Å². The number of carbonyl (C=O) groups excluding carboxylic acids is 1. The van der Waals surface area contributed by atoms with Crippen molar-refractivity contribution in [2.75, 3.05) is 26.0 Å². The number of likely N-dealkylation sites (N-methyl/N-ethyl adjacent to an activating group) is 1. The first-order valence-corrected chi connectivity index (χ1v) is 11.7. The molecule has 182 valence electrons. The van der Waals surface area contributed by atoms with E-state index in [9.17, 15) is 4.79 Å². The van der Waals surface area contributed by atoms with Crippen molar-refractivity contribution < 1.29 is 4.79 Å². The second-order valence-corrected chi connectivity index (χ2v) is 8.94. The summed E-state index contributed by atoms with van der Waals surface area (Å²) in [5.41, 5.74) is 7.99. The summed E-state index contributed by atoms with van der Waals surface area (Å²) in [7, 11) is 3.69. The number of pyridine rings is 3. The lowest BCUT2D eigenvalue weighted by molar-refractivity contribution is -0.116. The van der Waals surface area contributed by atoms with Crippen LogP contribution in [0.2, 0.25) is 0 Å². The molecule has 0 aliphatic heterocycles. The Morgan fingerprint density at radius 2 is 1.78 bits per heavy atom.